The zero-order valence-corrected chi connectivity index (χ0v) is 19.8. The monoisotopic (exact) mass is 469 g/mol. The van der Waals surface area contributed by atoms with Gasteiger partial charge in [-0.3, -0.25) is 9.59 Å². The van der Waals surface area contributed by atoms with Crippen molar-refractivity contribution in [3.63, 3.8) is 0 Å². The van der Waals surface area contributed by atoms with E-state index < -0.39 is 6.17 Å². The summed E-state index contributed by atoms with van der Waals surface area (Å²) in [7, 11) is 0. The number of carbonyl (C=O) groups excluding carboxylic acids is 2. The number of imidazole rings is 1. The van der Waals surface area contributed by atoms with E-state index in [0.717, 1.165) is 63.7 Å². The van der Waals surface area contributed by atoms with Crippen LogP contribution in [-0.4, -0.2) is 64.0 Å². The van der Waals surface area contributed by atoms with E-state index in [4.69, 9.17) is 0 Å². The summed E-state index contributed by atoms with van der Waals surface area (Å²) in [6.45, 7) is 2.33. The molecule has 4 atom stereocenters. The fourth-order valence-corrected chi connectivity index (χ4v) is 6.07. The third-order valence-electron chi connectivity index (χ3n) is 8.07. The Bertz CT molecular complexity index is 1000. The molecule has 8 heteroatoms. The van der Waals surface area contributed by atoms with Crippen LogP contribution < -0.4 is 10.6 Å². The number of nitrogens with one attached hydrogen (secondary N) is 2. The first kappa shape index (κ1) is 23.3. The number of fused-ring (bicyclic) bond motifs is 2. The molecule has 1 saturated carbocycles. The summed E-state index contributed by atoms with van der Waals surface area (Å²) in [5.74, 6) is 1.14. The van der Waals surface area contributed by atoms with Crippen LogP contribution in [-0.2, 0) is 4.79 Å². The lowest BCUT2D eigenvalue weighted by atomic mass is 9.84. The Kier molecular flexibility index (Phi) is 7.13. The average Bonchev–Trinajstić information content (AvgIpc) is 3.49. The number of halogens is 1. The van der Waals surface area contributed by atoms with E-state index in [1.807, 2.05) is 21.6 Å². The Morgan fingerprint density at radius 2 is 1.97 bits per heavy atom. The molecule has 0 aromatic carbocycles. The number of amides is 2. The Morgan fingerprint density at radius 1 is 1.12 bits per heavy atom. The smallest absolute Gasteiger partial charge is 0.252 e. The van der Waals surface area contributed by atoms with Crippen LogP contribution in [0.15, 0.2) is 30.7 Å². The van der Waals surface area contributed by atoms with Crippen LogP contribution in [0.1, 0.15) is 68.1 Å². The van der Waals surface area contributed by atoms with Crippen molar-refractivity contribution in [1.82, 2.24) is 24.9 Å². The van der Waals surface area contributed by atoms with Gasteiger partial charge in [0.05, 0.1) is 11.6 Å². The SMILES string of the molecule is O=C(NCCCCC1CCN(C(=O)C2CC3CC(F)CCC3N2)CC1)c1ccc2nccn2c1. The zero-order valence-electron chi connectivity index (χ0n) is 19.8. The van der Waals surface area contributed by atoms with Gasteiger partial charge in [0, 0.05) is 44.3 Å². The Labute approximate surface area is 200 Å². The van der Waals surface area contributed by atoms with Crippen molar-refractivity contribution in [3.8, 4) is 0 Å². The van der Waals surface area contributed by atoms with Crippen LogP contribution in [0.25, 0.3) is 5.65 Å². The van der Waals surface area contributed by atoms with E-state index in [0.29, 0.717) is 42.8 Å². The maximum absolute atomic E-state index is 13.7. The summed E-state index contributed by atoms with van der Waals surface area (Å²) in [5, 5.41) is 6.52. The highest BCUT2D eigenvalue weighted by molar-refractivity contribution is 5.94. The fourth-order valence-electron chi connectivity index (χ4n) is 6.07. The summed E-state index contributed by atoms with van der Waals surface area (Å²) in [4.78, 5) is 31.6. The maximum Gasteiger partial charge on any atom is 0.252 e. The number of aromatic nitrogens is 2. The Hall–Kier alpha value is -2.48. The minimum absolute atomic E-state index is 0.0511. The van der Waals surface area contributed by atoms with Crippen molar-refractivity contribution >= 4 is 17.5 Å². The molecule has 1 aliphatic carbocycles. The minimum atomic E-state index is -0.687. The number of pyridine rings is 1. The van der Waals surface area contributed by atoms with E-state index in [2.05, 4.69) is 15.6 Å². The lowest BCUT2D eigenvalue weighted by Gasteiger charge is -2.33. The van der Waals surface area contributed by atoms with E-state index in [1.165, 1.54) is 0 Å². The third kappa shape index (κ3) is 5.27. The molecule has 0 radical (unpaired) electrons. The topological polar surface area (TPSA) is 78.7 Å². The summed E-state index contributed by atoms with van der Waals surface area (Å²) in [5.41, 5.74) is 1.47. The molecule has 0 spiro atoms. The molecule has 0 bridgehead atoms. The highest BCUT2D eigenvalue weighted by Gasteiger charge is 2.42. The van der Waals surface area contributed by atoms with Gasteiger partial charge >= 0.3 is 0 Å². The van der Waals surface area contributed by atoms with Crippen LogP contribution >= 0.6 is 0 Å². The highest BCUT2D eigenvalue weighted by atomic mass is 19.1. The van der Waals surface area contributed by atoms with Gasteiger partial charge in [-0.25, -0.2) is 9.37 Å². The number of alkyl halides is 1. The largest absolute Gasteiger partial charge is 0.352 e. The summed E-state index contributed by atoms with van der Waals surface area (Å²) < 4.78 is 15.6. The molecule has 2 aromatic rings. The second-order valence-electron chi connectivity index (χ2n) is 10.4. The maximum atomic E-state index is 13.7. The van der Waals surface area contributed by atoms with Crippen LogP contribution in [0, 0.1) is 11.8 Å². The molecule has 4 unspecified atom stereocenters. The number of likely N-dealkylation sites (tertiary alicyclic amines) is 1. The third-order valence-corrected chi connectivity index (χ3v) is 8.07. The molecular weight excluding hydrogens is 433 g/mol. The van der Waals surface area contributed by atoms with Gasteiger partial charge in [0.1, 0.15) is 11.8 Å². The van der Waals surface area contributed by atoms with Crippen molar-refractivity contribution in [3.05, 3.63) is 36.3 Å². The lowest BCUT2D eigenvalue weighted by molar-refractivity contribution is -0.134. The summed E-state index contributed by atoms with van der Waals surface area (Å²) >= 11 is 0. The number of hydrogen-bond donors (Lipinski definition) is 2. The minimum Gasteiger partial charge on any atom is -0.352 e. The number of piperidine rings is 1. The van der Waals surface area contributed by atoms with Crippen molar-refractivity contribution in [2.75, 3.05) is 19.6 Å². The van der Waals surface area contributed by atoms with E-state index in [-0.39, 0.29) is 17.9 Å². The van der Waals surface area contributed by atoms with Gasteiger partial charge < -0.3 is 19.9 Å². The molecule has 4 heterocycles. The van der Waals surface area contributed by atoms with Gasteiger partial charge in [-0.15, -0.1) is 0 Å². The second kappa shape index (κ2) is 10.4. The quantitative estimate of drug-likeness (QED) is 0.610. The molecule has 184 valence electrons. The number of rotatable bonds is 7. The lowest BCUT2D eigenvalue weighted by Crippen LogP contribution is -2.48. The van der Waals surface area contributed by atoms with Crippen LogP contribution in [0.3, 0.4) is 0 Å². The van der Waals surface area contributed by atoms with Crippen molar-refractivity contribution in [2.24, 2.45) is 11.8 Å². The molecule has 2 saturated heterocycles. The van der Waals surface area contributed by atoms with E-state index in [1.54, 1.807) is 18.5 Å². The van der Waals surface area contributed by atoms with E-state index >= 15 is 0 Å². The Balaban J connectivity index is 0.972. The second-order valence-corrected chi connectivity index (χ2v) is 10.4. The van der Waals surface area contributed by atoms with Gasteiger partial charge in [0.2, 0.25) is 5.91 Å². The average molecular weight is 470 g/mol. The normalized spacial score (nSPS) is 27.6. The van der Waals surface area contributed by atoms with Gasteiger partial charge in [0.25, 0.3) is 5.91 Å². The first-order valence-corrected chi connectivity index (χ1v) is 13.0. The molecule has 2 aliphatic heterocycles. The Morgan fingerprint density at radius 3 is 2.82 bits per heavy atom. The molecule has 2 amide bonds. The van der Waals surface area contributed by atoms with E-state index in [9.17, 15) is 14.0 Å². The molecule has 3 fully saturated rings. The van der Waals surface area contributed by atoms with Gasteiger partial charge in [0.15, 0.2) is 0 Å². The molecule has 34 heavy (non-hydrogen) atoms. The first-order chi connectivity index (χ1) is 16.6. The standard InChI is InChI=1S/C26H36FN5O2/c27-21-5-6-22-20(15-21)16-23(30-22)26(34)31-12-8-18(9-13-31)3-1-2-10-29-25(33)19-4-7-24-28-11-14-32(24)17-19/h4,7,11,14,17-18,20-23,30H,1-3,5-6,8-10,12-13,15-16H2,(H,29,33). The fraction of sp³-hybridized carbons (Fsp3) is 0.654. The number of nitrogens with zero attached hydrogens (tertiary/aromatic N) is 3. The van der Waals surface area contributed by atoms with Crippen molar-refractivity contribution in [1.29, 1.82) is 0 Å². The highest BCUT2D eigenvalue weighted by Crippen LogP contribution is 2.35. The number of carbonyl (C=O) groups is 2. The van der Waals surface area contributed by atoms with Crippen molar-refractivity contribution in [2.45, 2.75) is 76.0 Å². The molecule has 5 rings (SSSR count). The first-order valence-electron chi connectivity index (χ1n) is 13.0. The number of hydrogen-bond acceptors (Lipinski definition) is 4. The van der Waals surface area contributed by atoms with Gasteiger partial charge in [-0.1, -0.05) is 12.8 Å². The van der Waals surface area contributed by atoms with Crippen LogP contribution in [0.5, 0.6) is 0 Å². The predicted molar refractivity (Wildman–Crippen MR) is 128 cm³/mol. The molecular formula is C26H36FN5O2. The molecule has 2 N–H and O–H groups in total. The number of unbranched alkanes of at least 4 members (excludes halogenated alkanes) is 1. The molecule has 7 nitrogen and oxygen atoms in total. The molecule has 2 aromatic heterocycles. The van der Waals surface area contributed by atoms with Crippen LogP contribution in [0.2, 0.25) is 0 Å². The summed E-state index contributed by atoms with van der Waals surface area (Å²) in [6, 6.07) is 3.86. The van der Waals surface area contributed by atoms with Gasteiger partial charge in [-0.2, -0.15) is 0 Å². The van der Waals surface area contributed by atoms with Crippen LogP contribution in [0.4, 0.5) is 4.39 Å². The van der Waals surface area contributed by atoms with Crippen molar-refractivity contribution < 1.29 is 14.0 Å². The summed E-state index contributed by atoms with van der Waals surface area (Å²) in [6.07, 6.45) is 12.9. The van der Waals surface area contributed by atoms with Gasteiger partial charge in [-0.05, 0) is 68.9 Å². The predicted octanol–water partition coefficient (Wildman–Crippen LogP) is 3.34. The zero-order chi connectivity index (χ0) is 23.5. The molecule has 3 aliphatic rings.